The summed E-state index contributed by atoms with van der Waals surface area (Å²) >= 11 is 13.3. The van der Waals surface area contributed by atoms with Crippen molar-refractivity contribution in [2.45, 2.75) is 31.6 Å². The third-order valence-corrected chi connectivity index (χ3v) is 6.49. The molecule has 2 amide bonds. The average molecular weight is 562 g/mol. The Morgan fingerprint density at radius 3 is 2.54 bits per heavy atom. The molecule has 1 aromatic heterocycles. The number of anilines is 1. The second-order valence-electron chi connectivity index (χ2n) is 7.69. The number of aromatic nitrogens is 3. The standard InChI is InChI=1S/C25H25Cl2N5O4S/c1-4-12-32-22(15(3)28-23(34)19-11-8-17(26)13-20(19)27)30-31-25(32)37-14-21(33)29-18-9-6-16(7-10-18)24(35)36-5-2/h4,6-11,13,15H,1,5,12,14H2,2-3H3,(H,28,34)(H,29,33)/t15-/m1/s1. The van der Waals surface area contributed by atoms with Crippen molar-refractivity contribution in [3.05, 3.63) is 82.1 Å². The van der Waals surface area contributed by atoms with Gasteiger partial charge >= 0.3 is 5.97 Å². The van der Waals surface area contributed by atoms with Crippen molar-refractivity contribution in [3.63, 3.8) is 0 Å². The van der Waals surface area contributed by atoms with Crippen molar-refractivity contribution in [1.29, 1.82) is 0 Å². The van der Waals surface area contributed by atoms with Crippen LogP contribution in [-0.4, -0.2) is 44.9 Å². The number of nitrogens with zero attached hydrogens (tertiary/aromatic N) is 3. The van der Waals surface area contributed by atoms with Gasteiger partial charge in [-0.3, -0.25) is 9.59 Å². The molecule has 9 nitrogen and oxygen atoms in total. The molecule has 3 aromatic rings. The summed E-state index contributed by atoms with van der Waals surface area (Å²) in [6.45, 7) is 7.94. The van der Waals surface area contributed by atoms with E-state index in [0.717, 1.165) is 0 Å². The quantitative estimate of drug-likeness (QED) is 0.188. The molecular weight excluding hydrogens is 537 g/mol. The molecule has 0 bridgehead atoms. The highest BCUT2D eigenvalue weighted by molar-refractivity contribution is 7.99. The Balaban J connectivity index is 1.63. The molecule has 2 N–H and O–H groups in total. The Hall–Kier alpha value is -3.34. The van der Waals surface area contributed by atoms with E-state index in [1.54, 1.807) is 60.9 Å². The van der Waals surface area contributed by atoms with Crippen LogP contribution in [0.1, 0.15) is 46.4 Å². The number of hydrogen-bond acceptors (Lipinski definition) is 7. The predicted octanol–water partition coefficient (Wildman–Crippen LogP) is 5.17. The van der Waals surface area contributed by atoms with Crippen molar-refractivity contribution in [2.75, 3.05) is 17.7 Å². The second-order valence-corrected chi connectivity index (χ2v) is 9.48. The van der Waals surface area contributed by atoms with Gasteiger partial charge in [-0.25, -0.2) is 4.79 Å². The summed E-state index contributed by atoms with van der Waals surface area (Å²) in [5, 5.41) is 15.2. The van der Waals surface area contributed by atoms with Crippen molar-refractivity contribution in [2.24, 2.45) is 0 Å². The van der Waals surface area contributed by atoms with Crippen LogP contribution < -0.4 is 10.6 Å². The van der Waals surface area contributed by atoms with E-state index in [1.165, 1.54) is 17.8 Å². The fourth-order valence-corrected chi connectivity index (χ4v) is 4.52. The molecule has 0 spiro atoms. The van der Waals surface area contributed by atoms with Gasteiger partial charge in [0.05, 0.1) is 34.6 Å². The van der Waals surface area contributed by atoms with Crippen LogP contribution in [0.15, 0.2) is 60.3 Å². The summed E-state index contributed by atoms with van der Waals surface area (Å²) in [6.07, 6.45) is 1.67. The van der Waals surface area contributed by atoms with Gasteiger partial charge in [0.1, 0.15) is 0 Å². The van der Waals surface area contributed by atoms with Gasteiger partial charge in [-0.05, 0) is 56.3 Å². The maximum absolute atomic E-state index is 12.7. The molecule has 12 heteroatoms. The number of rotatable bonds is 11. The third-order valence-electron chi connectivity index (χ3n) is 4.98. The minimum absolute atomic E-state index is 0.0655. The number of nitrogens with one attached hydrogen (secondary N) is 2. The molecule has 1 heterocycles. The summed E-state index contributed by atoms with van der Waals surface area (Å²) in [6, 6.07) is 10.5. The van der Waals surface area contributed by atoms with Gasteiger partial charge in [0, 0.05) is 17.3 Å². The number of carbonyl (C=O) groups is 3. The van der Waals surface area contributed by atoms with Crippen molar-refractivity contribution >= 4 is 58.4 Å². The molecular formula is C25H25Cl2N5O4S. The molecule has 0 unspecified atom stereocenters. The molecule has 3 rings (SSSR count). The predicted molar refractivity (Wildman–Crippen MR) is 144 cm³/mol. The van der Waals surface area contributed by atoms with E-state index < -0.39 is 12.0 Å². The zero-order valence-electron chi connectivity index (χ0n) is 20.2. The fourth-order valence-electron chi connectivity index (χ4n) is 3.27. The van der Waals surface area contributed by atoms with E-state index in [0.29, 0.717) is 33.8 Å². The molecule has 1 atom stereocenters. The number of carbonyl (C=O) groups excluding carboxylic acids is 3. The topological polar surface area (TPSA) is 115 Å². The van der Waals surface area contributed by atoms with E-state index in [4.69, 9.17) is 27.9 Å². The van der Waals surface area contributed by atoms with Crippen molar-refractivity contribution in [3.8, 4) is 0 Å². The first kappa shape index (κ1) is 28.2. The van der Waals surface area contributed by atoms with Crippen LogP contribution in [0.3, 0.4) is 0 Å². The number of allylic oxidation sites excluding steroid dienone is 1. The number of hydrogen-bond donors (Lipinski definition) is 2. The van der Waals surface area contributed by atoms with Crippen LogP contribution in [-0.2, 0) is 16.1 Å². The number of amides is 2. The monoisotopic (exact) mass is 561 g/mol. The maximum Gasteiger partial charge on any atom is 0.338 e. The van der Waals surface area contributed by atoms with Crippen LogP contribution >= 0.6 is 35.0 Å². The molecule has 37 heavy (non-hydrogen) atoms. The first-order valence-electron chi connectivity index (χ1n) is 11.2. The van der Waals surface area contributed by atoms with E-state index in [-0.39, 0.29) is 34.8 Å². The largest absolute Gasteiger partial charge is 0.462 e. The SMILES string of the molecule is C=CCn1c(SCC(=O)Nc2ccc(C(=O)OCC)cc2)nnc1[C@@H](C)NC(=O)c1ccc(Cl)cc1Cl. The lowest BCUT2D eigenvalue weighted by atomic mass is 10.2. The smallest absolute Gasteiger partial charge is 0.338 e. The van der Waals surface area contributed by atoms with Gasteiger partial charge in [0.15, 0.2) is 11.0 Å². The molecule has 0 aliphatic heterocycles. The third kappa shape index (κ3) is 7.58. The molecule has 0 saturated heterocycles. The lowest BCUT2D eigenvalue weighted by Crippen LogP contribution is -2.29. The Labute approximate surface area is 228 Å². The second kappa shape index (κ2) is 13.3. The van der Waals surface area contributed by atoms with E-state index >= 15 is 0 Å². The highest BCUT2D eigenvalue weighted by atomic mass is 35.5. The molecule has 0 saturated carbocycles. The Bertz CT molecular complexity index is 1300. The first-order chi connectivity index (χ1) is 17.7. The fraction of sp³-hybridized carbons (Fsp3) is 0.240. The van der Waals surface area contributed by atoms with Gasteiger partial charge in [0.2, 0.25) is 5.91 Å². The molecule has 0 aliphatic carbocycles. The lowest BCUT2D eigenvalue weighted by molar-refractivity contribution is -0.113. The summed E-state index contributed by atoms with van der Waals surface area (Å²) in [5.41, 5.74) is 1.23. The molecule has 2 aromatic carbocycles. The Morgan fingerprint density at radius 2 is 1.89 bits per heavy atom. The summed E-state index contributed by atoms with van der Waals surface area (Å²) in [7, 11) is 0. The van der Waals surface area contributed by atoms with Gasteiger partial charge < -0.3 is 19.9 Å². The number of thioether (sulfide) groups is 1. The van der Waals surface area contributed by atoms with E-state index in [9.17, 15) is 14.4 Å². The number of esters is 1. The van der Waals surface area contributed by atoms with Gasteiger partial charge in [-0.1, -0.05) is 41.0 Å². The van der Waals surface area contributed by atoms with Crippen LogP contribution in [0.4, 0.5) is 5.69 Å². The van der Waals surface area contributed by atoms with Crippen molar-refractivity contribution < 1.29 is 19.1 Å². The van der Waals surface area contributed by atoms with Gasteiger partial charge in [0.25, 0.3) is 5.91 Å². The van der Waals surface area contributed by atoms with Gasteiger partial charge in [-0.15, -0.1) is 16.8 Å². The average Bonchev–Trinajstić information content (AvgIpc) is 3.26. The van der Waals surface area contributed by atoms with Crippen LogP contribution in [0.25, 0.3) is 0 Å². The molecule has 0 fully saturated rings. The van der Waals surface area contributed by atoms with Gasteiger partial charge in [-0.2, -0.15) is 0 Å². The highest BCUT2D eigenvalue weighted by Gasteiger charge is 2.21. The minimum atomic E-state index is -0.507. The number of benzene rings is 2. The first-order valence-corrected chi connectivity index (χ1v) is 13.0. The number of ether oxygens (including phenoxy) is 1. The lowest BCUT2D eigenvalue weighted by Gasteiger charge is -2.16. The molecule has 0 aliphatic rings. The van der Waals surface area contributed by atoms with Crippen LogP contribution in [0, 0.1) is 0 Å². The minimum Gasteiger partial charge on any atom is -0.462 e. The summed E-state index contributed by atoms with van der Waals surface area (Å²) < 4.78 is 6.72. The molecule has 0 radical (unpaired) electrons. The van der Waals surface area contributed by atoms with E-state index in [1.807, 2.05) is 0 Å². The Kier molecular flexibility index (Phi) is 10.1. The van der Waals surface area contributed by atoms with E-state index in [2.05, 4.69) is 27.4 Å². The van der Waals surface area contributed by atoms with Crippen LogP contribution in [0.5, 0.6) is 0 Å². The zero-order chi connectivity index (χ0) is 26.9. The normalized spacial score (nSPS) is 11.5. The maximum atomic E-state index is 12.7. The Morgan fingerprint density at radius 1 is 1.16 bits per heavy atom. The molecule has 194 valence electrons. The summed E-state index contributed by atoms with van der Waals surface area (Å²) in [5.74, 6) is -0.506. The van der Waals surface area contributed by atoms with Crippen LogP contribution in [0.2, 0.25) is 10.0 Å². The summed E-state index contributed by atoms with van der Waals surface area (Å²) in [4.78, 5) is 37.0. The van der Waals surface area contributed by atoms with Crippen molar-refractivity contribution in [1.82, 2.24) is 20.1 Å². The highest BCUT2D eigenvalue weighted by Crippen LogP contribution is 2.24. The number of halogens is 2. The zero-order valence-corrected chi connectivity index (χ0v) is 22.5.